The molecule has 95 heavy (non-hydrogen) atoms. The Kier molecular flexibility index (Phi) is 50.1. The van der Waals surface area contributed by atoms with Crippen LogP contribution in [0.1, 0.15) is 310 Å². The maximum atomic E-state index is 14.1. The zero-order chi connectivity index (χ0) is 70.3. The van der Waals surface area contributed by atoms with E-state index >= 15 is 0 Å². The zero-order valence-electron chi connectivity index (χ0n) is 58.3. The predicted octanol–water partition coefficient (Wildman–Crippen LogP) is 10.9. The minimum absolute atomic E-state index is 0.196. The molecule has 0 aromatic rings. The normalized spacial score (nSPS) is 23.0. The van der Waals surface area contributed by atoms with Gasteiger partial charge in [-0.05, 0) is 25.7 Å². The van der Waals surface area contributed by atoms with Crippen LogP contribution >= 0.6 is 15.6 Å². The number of aliphatic hydroxyl groups excluding tert-OH is 6. The highest BCUT2D eigenvalue weighted by atomic mass is 31.2. The second kappa shape index (κ2) is 53.6. The molecule has 0 spiro atoms. The summed E-state index contributed by atoms with van der Waals surface area (Å²) < 4.78 is 65.3. The first-order valence-electron chi connectivity index (χ1n) is 36.8. The lowest BCUT2D eigenvalue weighted by Crippen LogP contribution is -2.68. The Morgan fingerprint density at radius 3 is 1.02 bits per heavy atom. The molecule has 2 rings (SSSR count). The van der Waals surface area contributed by atoms with Crippen LogP contribution in [0.5, 0.6) is 0 Å². The Hall–Kier alpha value is -2.26. The van der Waals surface area contributed by atoms with Gasteiger partial charge in [-0.15, -0.1) is 0 Å². The van der Waals surface area contributed by atoms with E-state index in [-0.39, 0.29) is 25.7 Å². The molecule has 0 radical (unpaired) electrons. The maximum Gasteiger partial charge on any atom is 0.472 e. The number of hydrogen-bond acceptors (Lipinski definition) is 19. The topological polar surface area (TPSA) is 393 Å². The van der Waals surface area contributed by atoms with Crippen LogP contribution in [0.25, 0.3) is 0 Å². The molecular formula is C68H130N2O23P2. The molecule has 27 heteroatoms. The van der Waals surface area contributed by atoms with E-state index < -0.39 is 164 Å². The standard InChI is InChI=1S/C68H130N2O23P2/c1-5-9-13-17-21-25-29-33-37-41-51(72)45-57(76)69-61-65(90-59(78)47-53(74)43-39-35-31-27-23-19-15-11-7-3)63(80)56(89-68(61)93-95(84,85)86)50-87-67-62(70-58(77)46-52(73)42-38-34-30-26-22-18-14-10-6-2)66(64(55(49-71)88-67)92-94(81,82)83)91-60(79)48-54(75)44-40-36-32-28-24-20-16-12-8-4/h51-56,61-68,71-75,80H,5-50H2,1-4H3,(H,69,76)(H,70,77)(H2,81,82,83)(H2,84,85,86)/t51?,52?,53?,54?,55-,56-,61-,62-,63-,64-,65-,66-,67-,68+/m1/s1. The van der Waals surface area contributed by atoms with E-state index in [1.165, 1.54) is 51.4 Å². The van der Waals surface area contributed by atoms with Crippen LogP contribution in [-0.2, 0) is 61.0 Å². The van der Waals surface area contributed by atoms with Gasteiger partial charge in [-0.25, -0.2) is 9.13 Å². The van der Waals surface area contributed by atoms with Crippen molar-refractivity contribution in [3.63, 3.8) is 0 Å². The van der Waals surface area contributed by atoms with Crippen molar-refractivity contribution >= 4 is 39.4 Å². The lowest BCUT2D eigenvalue weighted by atomic mass is 9.95. The van der Waals surface area contributed by atoms with Crippen molar-refractivity contribution in [1.29, 1.82) is 0 Å². The number of carbonyl (C=O) groups excluding carboxylic acids is 4. The smallest absolute Gasteiger partial charge is 0.457 e. The van der Waals surface area contributed by atoms with Crippen LogP contribution in [0.3, 0.4) is 0 Å². The molecule has 14 atom stereocenters. The van der Waals surface area contributed by atoms with Crippen molar-refractivity contribution in [3.8, 4) is 0 Å². The van der Waals surface area contributed by atoms with Crippen LogP contribution < -0.4 is 10.6 Å². The molecule has 0 bridgehead atoms. The zero-order valence-corrected chi connectivity index (χ0v) is 60.1. The minimum atomic E-state index is -5.61. The van der Waals surface area contributed by atoms with Gasteiger partial charge in [0.05, 0.1) is 63.3 Å². The monoisotopic (exact) mass is 1400 g/mol. The number of aliphatic hydroxyl groups is 6. The van der Waals surface area contributed by atoms with Crippen molar-refractivity contribution in [2.75, 3.05) is 13.2 Å². The fraction of sp³-hybridized carbons (Fsp3) is 0.941. The fourth-order valence-electron chi connectivity index (χ4n) is 12.4. The summed E-state index contributed by atoms with van der Waals surface area (Å²) in [6, 6.07) is -3.75. The number of phosphoric ester groups is 2. The van der Waals surface area contributed by atoms with Gasteiger partial charge in [-0.3, -0.25) is 28.2 Å². The number of ether oxygens (including phenoxy) is 5. The van der Waals surface area contributed by atoms with Gasteiger partial charge in [0.25, 0.3) is 0 Å². The number of amides is 2. The number of rotatable bonds is 60. The molecule has 2 fully saturated rings. The Balaban J connectivity index is 2.55. The summed E-state index contributed by atoms with van der Waals surface area (Å²) in [5.41, 5.74) is 0. The molecular weight excluding hydrogens is 1270 g/mol. The second-order valence-electron chi connectivity index (χ2n) is 26.7. The number of hydrogen-bond donors (Lipinski definition) is 12. The Morgan fingerprint density at radius 2 is 0.695 bits per heavy atom. The van der Waals surface area contributed by atoms with E-state index in [9.17, 15) is 78.5 Å². The van der Waals surface area contributed by atoms with Crippen molar-refractivity contribution in [2.45, 2.75) is 396 Å². The summed E-state index contributed by atoms with van der Waals surface area (Å²) in [6.45, 7) is 6.55. The first kappa shape index (κ1) is 88.8. The van der Waals surface area contributed by atoms with E-state index in [0.717, 1.165) is 154 Å². The number of phosphoric acid groups is 2. The molecule has 0 saturated carbocycles. The van der Waals surface area contributed by atoms with Crippen molar-refractivity contribution in [2.24, 2.45) is 0 Å². The van der Waals surface area contributed by atoms with Crippen LogP contribution in [-0.4, -0.2) is 173 Å². The predicted molar refractivity (Wildman–Crippen MR) is 360 cm³/mol. The lowest BCUT2D eigenvalue weighted by molar-refractivity contribution is -0.296. The second-order valence-corrected chi connectivity index (χ2v) is 29.1. The van der Waals surface area contributed by atoms with Gasteiger partial charge in [-0.2, -0.15) is 0 Å². The van der Waals surface area contributed by atoms with Gasteiger partial charge in [0.2, 0.25) is 11.8 Å². The third-order valence-electron chi connectivity index (χ3n) is 17.8. The van der Waals surface area contributed by atoms with Crippen LogP contribution in [0, 0.1) is 0 Å². The summed E-state index contributed by atoms with van der Waals surface area (Å²) in [5.74, 6) is -4.01. The molecule has 2 aliphatic heterocycles. The molecule has 0 aromatic heterocycles. The first-order valence-corrected chi connectivity index (χ1v) is 39.9. The maximum absolute atomic E-state index is 14.1. The van der Waals surface area contributed by atoms with Crippen LogP contribution in [0.2, 0.25) is 0 Å². The van der Waals surface area contributed by atoms with Crippen LogP contribution in [0.15, 0.2) is 0 Å². The molecule has 2 heterocycles. The summed E-state index contributed by atoms with van der Waals surface area (Å²) in [6.07, 6.45) is 13.8. The Labute approximate surface area is 568 Å². The van der Waals surface area contributed by atoms with E-state index in [0.29, 0.717) is 25.7 Å². The van der Waals surface area contributed by atoms with Gasteiger partial charge in [0, 0.05) is 0 Å². The van der Waals surface area contributed by atoms with Crippen LogP contribution in [0.4, 0.5) is 0 Å². The van der Waals surface area contributed by atoms with Crippen molar-refractivity contribution in [3.05, 3.63) is 0 Å². The van der Waals surface area contributed by atoms with Gasteiger partial charge >= 0.3 is 27.6 Å². The number of esters is 2. The molecule has 4 unspecified atom stereocenters. The number of nitrogens with one attached hydrogen (secondary N) is 2. The Morgan fingerprint density at radius 1 is 0.400 bits per heavy atom. The third kappa shape index (κ3) is 43.2. The first-order chi connectivity index (χ1) is 45.4. The van der Waals surface area contributed by atoms with Gasteiger partial charge in [-0.1, -0.05) is 259 Å². The molecule has 2 aliphatic rings. The summed E-state index contributed by atoms with van der Waals surface area (Å²) >= 11 is 0. The molecule has 0 aliphatic carbocycles. The highest BCUT2D eigenvalue weighted by molar-refractivity contribution is 7.46. The average molecular weight is 1410 g/mol. The molecule has 12 N–H and O–H groups in total. The minimum Gasteiger partial charge on any atom is -0.457 e. The third-order valence-corrected chi connectivity index (χ3v) is 18.8. The van der Waals surface area contributed by atoms with E-state index in [1.54, 1.807) is 0 Å². The van der Waals surface area contributed by atoms with Gasteiger partial charge < -0.3 is 84.5 Å². The molecule has 25 nitrogen and oxygen atoms in total. The highest BCUT2D eigenvalue weighted by Gasteiger charge is 2.55. The SMILES string of the molecule is CCCCCCCCCCCC(O)CC(=O)N[C@H]1[C@H](OC[C@H]2O[C@@H](OP(=O)(O)O)[C@H](NC(=O)CC(O)CCCCCCCCCCC)[C@@H](OC(=O)CC(O)CCCCCCCCCCC)[C@@H]2O)O[C@H](CO)[C@@H](OP(=O)(O)O)[C@@H]1OC(=O)CC(O)CCCCCCCCCCC. The number of carbonyl (C=O) groups is 4. The fourth-order valence-corrected chi connectivity index (χ4v) is 13.4. The molecule has 2 amide bonds. The molecule has 0 aromatic carbocycles. The summed E-state index contributed by atoms with van der Waals surface area (Å²) in [4.78, 5) is 96.5. The van der Waals surface area contributed by atoms with E-state index in [4.69, 9.17) is 32.7 Å². The molecule has 560 valence electrons. The Bertz CT molecular complexity index is 2080. The number of unbranched alkanes of at least 4 members (excludes halogenated alkanes) is 32. The highest BCUT2D eigenvalue weighted by Crippen LogP contribution is 2.44. The van der Waals surface area contributed by atoms with Gasteiger partial charge in [0.1, 0.15) is 36.5 Å². The van der Waals surface area contributed by atoms with Crippen molar-refractivity contribution in [1.82, 2.24) is 10.6 Å². The average Bonchev–Trinajstić information content (AvgIpc) is 0.788. The largest absolute Gasteiger partial charge is 0.472 e. The van der Waals surface area contributed by atoms with E-state index in [1.807, 2.05) is 0 Å². The molecule has 2 saturated heterocycles. The lowest BCUT2D eigenvalue weighted by Gasteiger charge is -2.47. The summed E-state index contributed by atoms with van der Waals surface area (Å²) in [5, 5.41) is 72.2. The quantitative estimate of drug-likeness (QED) is 0.0153. The van der Waals surface area contributed by atoms with Crippen molar-refractivity contribution < 1.29 is 111 Å². The van der Waals surface area contributed by atoms with Gasteiger partial charge in [0.15, 0.2) is 24.8 Å². The summed E-state index contributed by atoms with van der Waals surface area (Å²) in [7, 11) is -11.2. The van der Waals surface area contributed by atoms with E-state index in [2.05, 4.69) is 38.3 Å².